The minimum Gasteiger partial charge on any atom is -0.382 e. The van der Waals surface area contributed by atoms with Crippen molar-refractivity contribution < 1.29 is 23.5 Å². The van der Waals surface area contributed by atoms with Crippen molar-refractivity contribution in [2.24, 2.45) is 28.6 Å². The van der Waals surface area contributed by atoms with Gasteiger partial charge in [0, 0.05) is 17.4 Å². The molecule has 4 aliphatic carbocycles. The zero-order valence-corrected chi connectivity index (χ0v) is 16.2. The van der Waals surface area contributed by atoms with Crippen molar-refractivity contribution in [3.63, 3.8) is 0 Å². The first kappa shape index (κ1) is 19.0. The van der Waals surface area contributed by atoms with Crippen molar-refractivity contribution in [2.75, 3.05) is 0 Å². The van der Waals surface area contributed by atoms with Crippen LogP contribution in [-0.4, -0.2) is 28.7 Å². The highest BCUT2D eigenvalue weighted by Gasteiger charge is 2.65. The normalized spacial score (nSPS) is 46.3. The number of alkyl halides is 2. The molecular formula is C22H28F2O3. The fourth-order valence-corrected chi connectivity index (χ4v) is 6.97. The van der Waals surface area contributed by atoms with E-state index in [1.54, 1.807) is 6.08 Å². The predicted molar refractivity (Wildman–Crippen MR) is 97.2 cm³/mol. The molecule has 3 nitrogen and oxygen atoms in total. The molecule has 0 saturated heterocycles. The van der Waals surface area contributed by atoms with E-state index in [4.69, 9.17) is 0 Å². The van der Waals surface area contributed by atoms with Crippen LogP contribution in [0.2, 0.25) is 0 Å². The molecule has 0 unspecified atom stereocenters. The third kappa shape index (κ3) is 2.33. The molecule has 4 rings (SSSR count). The van der Waals surface area contributed by atoms with Gasteiger partial charge in [-0.15, -0.1) is 0 Å². The van der Waals surface area contributed by atoms with Crippen LogP contribution in [0.4, 0.5) is 8.78 Å². The van der Waals surface area contributed by atoms with Gasteiger partial charge in [0.15, 0.2) is 11.6 Å². The highest BCUT2D eigenvalue weighted by atomic mass is 19.3. The summed E-state index contributed by atoms with van der Waals surface area (Å²) in [5.41, 5.74) is -1.85. The van der Waals surface area contributed by atoms with Gasteiger partial charge in [0.2, 0.25) is 0 Å². The Balaban J connectivity index is 1.84. The summed E-state index contributed by atoms with van der Waals surface area (Å²) in [5, 5.41) is 11.1. The Morgan fingerprint density at radius 1 is 1.19 bits per heavy atom. The smallest absolute Gasteiger partial charge is 0.263 e. The van der Waals surface area contributed by atoms with E-state index in [0.717, 1.165) is 6.42 Å². The van der Waals surface area contributed by atoms with Gasteiger partial charge < -0.3 is 5.11 Å². The number of hydrogen-bond acceptors (Lipinski definition) is 3. The lowest BCUT2D eigenvalue weighted by atomic mass is 9.47. The maximum atomic E-state index is 13.9. The molecule has 5 heteroatoms. The largest absolute Gasteiger partial charge is 0.382 e. The van der Waals surface area contributed by atoms with Crippen LogP contribution in [0.15, 0.2) is 23.3 Å². The third-order valence-electron chi connectivity index (χ3n) is 8.61. The standard InChI is InChI=1S/C22H28F2O3/c1-12(25)22(27)9-6-17-14-11-15(19(23)24)18-10-13(26)4-7-20(18,2)16(14)5-8-21(17,22)3/h10-11,14,16-17,19,27H,4-9H2,1-3H3/t14-,16+,17+,20-,21+,22+/m1/s1. The average Bonchev–Trinajstić information content (AvgIpc) is 2.88. The maximum absolute atomic E-state index is 13.9. The molecule has 0 spiro atoms. The Morgan fingerprint density at radius 3 is 2.48 bits per heavy atom. The molecule has 148 valence electrons. The first-order valence-electron chi connectivity index (χ1n) is 10.0. The molecule has 0 aromatic rings. The summed E-state index contributed by atoms with van der Waals surface area (Å²) >= 11 is 0. The fourth-order valence-electron chi connectivity index (χ4n) is 6.97. The van der Waals surface area contributed by atoms with Gasteiger partial charge in [-0.1, -0.05) is 19.9 Å². The van der Waals surface area contributed by atoms with Crippen molar-refractivity contribution in [3.05, 3.63) is 23.3 Å². The van der Waals surface area contributed by atoms with Crippen molar-refractivity contribution >= 4 is 11.6 Å². The number of rotatable bonds is 2. The number of hydrogen-bond donors (Lipinski definition) is 1. The van der Waals surface area contributed by atoms with Gasteiger partial charge in [-0.3, -0.25) is 9.59 Å². The summed E-state index contributed by atoms with van der Waals surface area (Å²) < 4.78 is 27.9. The van der Waals surface area contributed by atoms with Gasteiger partial charge in [-0.2, -0.15) is 0 Å². The summed E-state index contributed by atoms with van der Waals surface area (Å²) in [4.78, 5) is 24.2. The molecule has 27 heavy (non-hydrogen) atoms. The second-order valence-corrected chi connectivity index (χ2v) is 9.57. The van der Waals surface area contributed by atoms with Crippen molar-refractivity contribution in [1.82, 2.24) is 0 Å². The molecule has 0 aromatic heterocycles. The lowest BCUT2D eigenvalue weighted by Gasteiger charge is -2.57. The van der Waals surface area contributed by atoms with Crippen LogP contribution in [0.5, 0.6) is 0 Å². The molecular weight excluding hydrogens is 350 g/mol. The van der Waals surface area contributed by atoms with Crippen LogP contribution in [0, 0.1) is 28.6 Å². The molecule has 0 aromatic carbocycles. The summed E-state index contributed by atoms with van der Waals surface area (Å²) in [7, 11) is 0. The van der Waals surface area contributed by atoms with Crippen molar-refractivity contribution in [3.8, 4) is 0 Å². The molecule has 2 saturated carbocycles. The zero-order valence-electron chi connectivity index (χ0n) is 16.2. The highest BCUT2D eigenvalue weighted by molar-refractivity contribution is 5.92. The number of allylic oxidation sites excluding steroid dienone is 4. The Morgan fingerprint density at radius 2 is 1.85 bits per heavy atom. The van der Waals surface area contributed by atoms with E-state index in [9.17, 15) is 23.5 Å². The topological polar surface area (TPSA) is 54.4 Å². The van der Waals surface area contributed by atoms with Gasteiger partial charge in [-0.25, -0.2) is 8.78 Å². The van der Waals surface area contributed by atoms with Gasteiger partial charge in [-0.05, 0) is 73.8 Å². The number of ketones is 2. The number of carbonyl (C=O) groups excluding carboxylic acids is 2. The van der Waals surface area contributed by atoms with Crippen LogP contribution in [0.1, 0.15) is 59.3 Å². The molecule has 2 fully saturated rings. The van der Waals surface area contributed by atoms with Crippen molar-refractivity contribution in [2.45, 2.75) is 71.3 Å². The van der Waals surface area contributed by atoms with Crippen LogP contribution in [0.3, 0.4) is 0 Å². The Hall–Kier alpha value is -1.36. The molecule has 0 bridgehead atoms. The summed E-state index contributed by atoms with van der Waals surface area (Å²) in [6.45, 7) is 5.44. The number of aliphatic hydroxyl groups is 1. The second-order valence-electron chi connectivity index (χ2n) is 9.57. The quantitative estimate of drug-likeness (QED) is 0.782. The summed E-state index contributed by atoms with van der Waals surface area (Å²) in [5.74, 6) is -0.187. The number of fused-ring (bicyclic) bond motifs is 5. The van der Waals surface area contributed by atoms with Crippen LogP contribution in [0.25, 0.3) is 0 Å². The molecule has 1 N–H and O–H groups in total. The first-order chi connectivity index (χ1) is 12.5. The van der Waals surface area contributed by atoms with Gasteiger partial charge >= 0.3 is 0 Å². The van der Waals surface area contributed by atoms with E-state index in [1.807, 2.05) is 13.8 Å². The summed E-state index contributed by atoms with van der Waals surface area (Å²) in [6, 6.07) is 0. The monoisotopic (exact) mass is 378 g/mol. The molecule has 0 amide bonds. The predicted octanol–water partition coefficient (Wildman–Crippen LogP) is 4.25. The van der Waals surface area contributed by atoms with E-state index in [2.05, 4.69) is 0 Å². The highest BCUT2D eigenvalue weighted by Crippen LogP contribution is 2.67. The summed E-state index contributed by atoms with van der Waals surface area (Å²) in [6.07, 6.45) is 4.09. The van der Waals surface area contributed by atoms with Crippen LogP contribution in [-0.2, 0) is 9.59 Å². The Labute approximate surface area is 158 Å². The zero-order chi connectivity index (χ0) is 19.8. The second kappa shape index (κ2) is 5.82. The van der Waals surface area contributed by atoms with E-state index in [0.29, 0.717) is 37.7 Å². The molecule has 0 radical (unpaired) electrons. The average molecular weight is 378 g/mol. The molecule has 6 atom stereocenters. The van der Waals surface area contributed by atoms with E-state index >= 15 is 0 Å². The lowest BCUT2D eigenvalue weighted by molar-refractivity contribution is -0.156. The van der Waals surface area contributed by atoms with E-state index < -0.39 is 22.9 Å². The number of Topliss-reactive ketones (excluding diaryl/α,β-unsaturated/α-hetero) is 1. The maximum Gasteiger partial charge on any atom is 0.263 e. The van der Waals surface area contributed by atoms with Gasteiger partial charge in [0.1, 0.15) is 5.60 Å². The number of carbonyl (C=O) groups is 2. The van der Waals surface area contributed by atoms with Gasteiger partial charge in [0.05, 0.1) is 0 Å². The first-order valence-corrected chi connectivity index (χ1v) is 10.0. The van der Waals surface area contributed by atoms with Crippen LogP contribution >= 0.6 is 0 Å². The van der Waals surface area contributed by atoms with Crippen molar-refractivity contribution in [1.29, 1.82) is 0 Å². The number of halogens is 2. The molecule has 0 aliphatic heterocycles. The Kier molecular flexibility index (Phi) is 4.09. The molecule has 0 heterocycles. The van der Waals surface area contributed by atoms with Crippen LogP contribution < -0.4 is 0 Å². The third-order valence-corrected chi connectivity index (χ3v) is 8.61. The van der Waals surface area contributed by atoms with E-state index in [1.165, 1.54) is 13.0 Å². The minimum absolute atomic E-state index is 0.00526. The van der Waals surface area contributed by atoms with E-state index in [-0.39, 0.29) is 34.9 Å². The minimum atomic E-state index is -2.62. The SMILES string of the molecule is CC(=O)[C@@]1(O)CC[C@H]2[C@@H]3C=C(C(F)F)C4=CC(=O)CC[C@]4(C)[C@H]3CC[C@@]21C. The van der Waals surface area contributed by atoms with Gasteiger partial charge in [0.25, 0.3) is 6.43 Å². The Bertz CT molecular complexity index is 770. The lowest BCUT2D eigenvalue weighted by Crippen LogP contribution is -2.56. The fraction of sp³-hybridized carbons (Fsp3) is 0.727. The molecule has 4 aliphatic rings.